The first-order valence-electron chi connectivity index (χ1n) is 13.9. The van der Waals surface area contributed by atoms with Crippen molar-refractivity contribution in [3.05, 3.63) is 123 Å². The zero-order chi connectivity index (χ0) is 28.4. The van der Waals surface area contributed by atoms with E-state index in [2.05, 4.69) is 58.5 Å². The van der Waals surface area contributed by atoms with E-state index in [9.17, 15) is 18.0 Å². The van der Waals surface area contributed by atoms with E-state index >= 15 is 0 Å². The number of halogens is 3. The number of rotatable bonds is 7. The molecule has 1 fully saturated rings. The zero-order valence-corrected chi connectivity index (χ0v) is 22.5. The van der Waals surface area contributed by atoms with Crippen molar-refractivity contribution in [2.45, 2.75) is 44.1 Å². The van der Waals surface area contributed by atoms with Gasteiger partial charge in [0.1, 0.15) is 17.4 Å². The number of alkyl halides is 3. The molecule has 212 valence electrons. The van der Waals surface area contributed by atoms with Crippen LogP contribution in [0, 0.1) is 0 Å². The number of aromatic amines is 1. The molecule has 1 N–H and O–H groups in total. The van der Waals surface area contributed by atoms with Gasteiger partial charge in [-0.25, -0.2) is 5.10 Å². The van der Waals surface area contributed by atoms with Crippen LogP contribution in [0.1, 0.15) is 46.6 Å². The van der Waals surface area contributed by atoms with Crippen LogP contribution in [0.4, 0.5) is 18.9 Å². The lowest BCUT2D eigenvalue weighted by Gasteiger charge is -2.35. The lowest BCUT2D eigenvalue weighted by molar-refractivity contribution is -0.138. The van der Waals surface area contributed by atoms with Crippen molar-refractivity contribution in [1.82, 2.24) is 15.1 Å². The highest BCUT2D eigenvalue weighted by Gasteiger charge is 2.40. The molecule has 0 aliphatic carbocycles. The molecule has 1 saturated heterocycles. The Bertz CT molecular complexity index is 1490. The molecule has 6 rings (SSSR count). The fourth-order valence-electron chi connectivity index (χ4n) is 6.00. The monoisotopic (exact) mass is 560 g/mol. The molecule has 3 aromatic carbocycles. The maximum absolute atomic E-state index is 13.7. The van der Waals surface area contributed by atoms with Crippen LogP contribution in [0.2, 0.25) is 0 Å². The summed E-state index contributed by atoms with van der Waals surface area (Å²) in [4.78, 5) is 16.0. The Kier molecular flexibility index (Phi) is 7.53. The van der Waals surface area contributed by atoms with E-state index in [1.807, 2.05) is 35.4 Å². The minimum atomic E-state index is -4.78. The number of aromatic nitrogens is 2. The van der Waals surface area contributed by atoms with Gasteiger partial charge in [0.05, 0.1) is 11.9 Å². The summed E-state index contributed by atoms with van der Waals surface area (Å²) < 4.78 is 47.5. The number of piperidine rings is 1. The molecule has 0 spiro atoms. The molecule has 1 aromatic heterocycles. The lowest BCUT2D eigenvalue weighted by atomic mass is 9.90. The second-order valence-corrected chi connectivity index (χ2v) is 10.7. The summed E-state index contributed by atoms with van der Waals surface area (Å²) in [6.45, 7) is 3.18. The number of H-pyrrole nitrogens is 1. The molecule has 0 amide bonds. The van der Waals surface area contributed by atoms with Gasteiger partial charge >= 0.3 is 6.18 Å². The van der Waals surface area contributed by atoms with Gasteiger partial charge in [-0.2, -0.15) is 18.3 Å². The third-order valence-corrected chi connectivity index (χ3v) is 8.07. The minimum Gasteiger partial charge on any atom is -0.490 e. The number of nitrogens with one attached hydrogen (secondary N) is 1. The van der Waals surface area contributed by atoms with Gasteiger partial charge in [0.25, 0.3) is 5.56 Å². The molecule has 4 aromatic rings. The Morgan fingerprint density at radius 2 is 1.56 bits per heavy atom. The van der Waals surface area contributed by atoms with Crippen LogP contribution in [0.15, 0.2) is 89.9 Å². The second kappa shape index (κ2) is 11.4. The van der Waals surface area contributed by atoms with Gasteiger partial charge in [-0.15, -0.1) is 0 Å². The number of fused-ring (bicyclic) bond motifs is 1. The summed E-state index contributed by atoms with van der Waals surface area (Å²) in [6.07, 6.45) is -1.97. The van der Waals surface area contributed by atoms with E-state index in [0.717, 1.165) is 49.8 Å². The Morgan fingerprint density at radius 3 is 2.20 bits per heavy atom. The summed E-state index contributed by atoms with van der Waals surface area (Å²) >= 11 is 0. The van der Waals surface area contributed by atoms with Crippen LogP contribution in [-0.4, -0.2) is 40.8 Å². The van der Waals surface area contributed by atoms with E-state index in [1.54, 1.807) is 4.90 Å². The largest absolute Gasteiger partial charge is 0.490 e. The molecular formula is C32H31F3N4O2. The number of ether oxygens (including phenoxy) is 1. The predicted octanol–water partition coefficient (Wildman–Crippen LogP) is 5.98. The highest BCUT2D eigenvalue weighted by atomic mass is 19.4. The van der Waals surface area contributed by atoms with Gasteiger partial charge < -0.3 is 14.5 Å². The first-order valence-corrected chi connectivity index (χ1v) is 13.9. The Balaban J connectivity index is 1.12. The average Bonchev–Trinajstić information content (AvgIpc) is 3.42. The van der Waals surface area contributed by atoms with E-state index < -0.39 is 17.3 Å². The standard InChI is InChI=1S/C32H31F3N4O2/c33-32(34,35)30-28(18-36-37-31(30)40)39-19-24-12-7-13-29(27(24)21-39)41-25-14-16-38(17-15-25)20-26(22-8-3-1-4-9-22)23-10-5-2-6-11-23/h1-13,18,25-26H,14-17,19-21H2,(H,37,40). The highest BCUT2D eigenvalue weighted by Crippen LogP contribution is 2.39. The van der Waals surface area contributed by atoms with Crippen LogP contribution in [-0.2, 0) is 19.3 Å². The predicted molar refractivity (Wildman–Crippen MR) is 151 cm³/mol. The van der Waals surface area contributed by atoms with Crippen molar-refractivity contribution in [3.63, 3.8) is 0 Å². The highest BCUT2D eigenvalue weighted by molar-refractivity contribution is 5.58. The van der Waals surface area contributed by atoms with Crippen LogP contribution in [0.5, 0.6) is 5.75 Å². The third-order valence-electron chi connectivity index (χ3n) is 8.07. The summed E-state index contributed by atoms with van der Waals surface area (Å²) in [5.74, 6) is 0.973. The second-order valence-electron chi connectivity index (χ2n) is 10.7. The number of likely N-dealkylation sites (tertiary alicyclic amines) is 1. The maximum Gasteiger partial charge on any atom is 0.423 e. The molecule has 6 nitrogen and oxygen atoms in total. The number of benzene rings is 3. The van der Waals surface area contributed by atoms with Crippen molar-refractivity contribution in [1.29, 1.82) is 0 Å². The fourth-order valence-corrected chi connectivity index (χ4v) is 6.00. The Hall–Kier alpha value is -4.11. The summed E-state index contributed by atoms with van der Waals surface area (Å²) in [7, 11) is 0. The number of nitrogens with zero attached hydrogens (tertiary/aromatic N) is 3. The van der Waals surface area contributed by atoms with Gasteiger partial charge in [-0.3, -0.25) is 4.79 Å². The quantitative estimate of drug-likeness (QED) is 0.301. The molecule has 2 aliphatic heterocycles. The molecule has 0 radical (unpaired) electrons. The van der Waals surface area contributed by atoms with Crippen LogP contribution < -0.4 is 15.2 Å². The SMILES string of the molecule is O=c1[nH]ncc(N2Cc3cccc(OC4CCN(CC(c5ccccc5)c5ccccc5)CC4)c3C2)c1C(F)(F)F. The van der Waals surface area contributed by atoms with Crippen molar-refractivity contribution in [2.75, 3.05) is 24.5 Å². The fraction of sp³-hybridized carbons (Fsp3) is 0.312. The summed E-state index contributed by atoms with van der Waals surface area (Å²) in [5, 5.41) is 5.54. The summed E-state index contributed by atoms with van der Waals surface area (Å²) in [6, 6.07) is 26.8. The van der Waals surface area contributed by atoms with Crippen LogP contribution in [0.25, 0.3) is 0 Å². The third kappa shape index (κ3) is 5.86. The molecular weight excluding hydrogens is 529 g/mol. The van der Waals surface area contributed by atoms with E-state index in [-0.39, 0.29) is 30.8 Å². The van der Waals surface area contributed by atoms with Gasteiger partial charge in [0.2, 0.25) is 0 Å². The molecule has 9 heteroatoms. The molecule has 2 aliphatic rings. The van der Waals surface area contributed by atoms with Crippen molar-refractivity contribution < 1.29 is 17.9 Å². The van der Waals surface area contributed by atoms with E-state index in [4.69, 9.17) is 4.74 Å². The van der Waals surface area contributed by atoms with Gasteiger partial charge in [-0.1, -0.05) is 72.8 Å². The number of anilines is 1. The Morgan fingerprint density at radius 1 is 0.902 bits per heavy atom. The van der Waals surface area contributed by atoms with Crippen molar-refractivity contribution in [3.8, 4) is 5.75 Å². The first-order chi connectivity index (χ1) is 19.9. The first kappa shape index (κ1) is 27.1. The van der Waals surface area contributed by atoms with Gasteiger partial charge in [-0.05, 0) is 35.6 Å². The zero-order valence-electron chi connectivity index (χ0n) is 22.5. The van der Waals surface area contributed by atoms with Crippen LogP contribution in [0.3, 0.4) is 0 Å². The topological polar surface area (TPSA) is 61.5 Å². The minimum absolute atomic E-state index is 0.0191. The lowest BCUT2D eigenvalue weighted by Crippen LogP contribution is -2.40. The molecule has 41 heavy (non-hydrogen) atoms. The van der Waals surface area contributed by atoms with E-state index in [0.29, 0.717) is 5.75 Å². The molecule has 0 atom stereocenters. The Labute approximate surface area is 236 Å². The normalized spacial score (nSPS) is 16.2. The molecule has 0 unspecified atom stereocenters. The molecule has 0 saturated carbocycles. The van der Waals surface area contributed by atoms with Crippen molar-refractivity contribution in [2.24, 2.45) is 0 Å². The number of hydrogen-bond donors (Lipinski definition) is 1. The van der Waals surface area contributed by atoms with E-state index in [1.165, 1.54) is 11.1 Å². The molecule has 3 heterocycles. The van der Waals surface area contributed by atoms with Crippen LogP contribution >= 0.6 is 0 Å². The molecule has 0 bridgehead atoms. The average molecular weight is 561 g/mol. The summed E-state index contributed by atoms with van der Waals surface area (Å²) in [5.41, 5.74) is 1.66. The van der Waals surface area contributed by atoms with Crippen molar-refractivity contribution >= 4 is 5.69 Å². The smallest absolute Gasteiger partial charge is 0.423 e. The maximum atomic E-state index is 13.7. The van der Waals surface area contributed by atoms with Gasteiger partial charge in [0.15, 0.2) is 0 Å². The van der Waals surface area contributed by atoms with Gasteiger partial charge in [0, 0.05) is 44.2 Å². The number of hydrogen-bond acceptors (Lipinski definition) is 5.